The smallest absolute Gasteiger partial charge is 0.229 e. The Kier molecular flexibility index (Phi) is 4.72. The van der Waals surface area contributed by atoms with Crippen LogP contribution in [0, 0.1) is 5.82 Å². The van der Waals surface area contributed by atoms with Crippen molar-refractivity contribution in [3.8, 4) is 11.1 Å². The van der Waals surface area contributed by atoms with Crippen LogP contribution in [-0.4, -0.2) is 37.0 Å². The minimum Gasteiger partial charge on any atom is -0.340 e. The number of hydrogen-bond donors (Lipinski definition) is 1. The van der Waals surface area contributed by atoms with E-state index in [1.54, 1.807) is 6.07 Å². The number of nitrogens with one attached hydrogen (secondary N) is 1. The maximum atomic E-state index is 14.5. The largest absolute Gasteiger partial charge is 0.340 e. The second-order valence-corrected chi connectivity index (χ2v) is 5.90. The first-order chi connectivity index (χ1) is 11.2. The Balaban J connectivity index is 1.80. The summed E-state index contributed by atoms with van der Waals surface area (Å²) in [6.07, 6.45) is 0. The van der Waals surface area contributed by atoms with Crippen molar-refractivity contribution in [1.29, 1.82) is 0 Å². The summed E-state index contributed by atoms with van der Waals surface area (Å²) in [5.74, 6) is -0.542. The summed E-state index contributed by atoms with van der Waals surface area (Å²) in [4.78, 5) is 14.4. The number of carbonyl (C=O) groups is 1. The average Bonchev–Trinajstić information content (AvgIpc) is 2.62. The SMILES string of the molecule is CC(C(=O)N1CCNCC1)c1ccc(-c2ccccc2)c(F)c1. The van der Waals surface area contributed by atoms with Crippen LogP contribution >= 0.6 is 0 Å². The molecule has 1 saturated heterocycles. The van der Waals surface area contributed by atoms with Gasteiger partial charge < -0.3 is 10.2 Å². The van der Waals surface area contributed by atoms with Gasteiger partial charge in [0, 0.05) is 31.7 Å². The topological polar surface area (TPSA) is 32.3 Å². The Morgan fingerprint density at radius 1 is 1.13 bits per heavy atom. The zero-order valence-corrected chi connectivity index (χ0v) is 13.3. The zero-order valence-electron chi connectivity index (χ0n) is 13.3. The van der Waals surface area contributed by atoms with Crippen molar-refractivity contribution >= 4 is 5.91 Å². The summed E-state index contributed by atoms with van der Waals surface area (Å²) < 4.78 is 14.5. The monoisotopic (exact) mass is 312 g/mol. The Morgan fingerprint density at radius 3 is 2.48 bits per heavy atom. The molecule has 1 amide bonds. The van der Waals surface area contributed by atoms with E-state index in [9.17, 15) is 9.18 Å². The van der Waals surface area contributed by atoms with Gasteiger partial charge in [0.05, 0.1) is 5.92 Å². The van der Waals surface area contributed by atoms with E-state index in [0.29, 0.717) is 18.7 Å². The van der Waals surface area contributed by atoms with Crippen molar-refractivity contribution in [3.63, 3.8) is 0 Å². The minimum atomic E-state index is -0.326. The second kappa shape index (κ2) is 6.92. The molecule has 0 saturated carbocycles. The first kappa shape index (κ1) is 15.7. The molecule has 0 aliphatic carbocycles. The maximum Gasteiger partial charge on any atom is 0.229 e. The molecule has 2 aromatic carbocycles. The molecule has 4 heteroatoms. The molecule has 0 aromatic heterocycles. The van der Waals surface area contributed by atoms with Crippen molar-refractivity contribution in [2.24, 2.45) is 0 Å². The molecule has 1 unspecified atom stereocenters. The Bertz CT molecular complexity index is 681. The fourth-order valence-corrected chi connectivity index (χ4v) is 2.95. The van der Waals surface area contributed by atoms with Crippen molar-refractivity contribution < 1.29 is 9.18 Å². The fraction of sp³-hybridized carbons (Fsp3) is 0.316. The standard InChI is InChI=1S/C19H21FN2O/c1-14(19(23)22-11-9-21-10-12-22)16-7-8-17(18(20)13-16)15-5-3-2-4-6-15/h2-8,13-14,21H,9-12H2,1H3. The molecule has 0 spiro atoms. The molecular weight excluding hydrogens is 291 g/mol. The van der Waals surface area contributed by atoms with E-state index in [0.717, 1.165) is 24.2 Å². The highest BCUT2D eigenvalue weighted by molar-refractivity contribution is 5.83. The number of benzene rings is 2. The molecule has 0 radical (unpaired) electrons. The quantitative estimate of drug-likeness (QED) is 0.945. The highest BCUT2D eigenvalue weighted by Crippen LogP contribution is 2.27. The van der Waals surface area contributed by atoms with Crippen LogP contribution in [-0.2, 0) is 4.79 Å². The Morgan fingerprint density at radius 2 is 1.83 bits per heavy atom. The van der Waals surface area contributed by atoms with E-state index in [-0.39, 0.29) is 17.6 Å². The van der Waals surface area contributed by atoms with Crippen LogP contribution in [0.25, 0.3) is 11.1 Å². The Hall–Kier alpha value is -2.20. The first-order valence-corrected chi connectivity index (χ1v) is 8.01. The molecule has 1 aliphatic heterocycles. The van der Waals surface area contributed by atoms with Crippen LogP contribution in [0.3, 0.4) is 0 Å². The lowest BCUT2D eigenvalue weighted by Crippen LogP contribution is -2.47. The number of piperazine rings is 1. The summed E-state index contributed by atoms with van der Waals surface area (Å²) >= 11 is 0. The van der Waals surface area contributed by atoms with Crippen molar-refractivity contribution in [1.82, 2.24) is 10.2 Å². The molecule has 1 N–H and O–H groups in total. The van der Waals surface area contributed by atoms with Gasteiger partial charge in [-0.3, -0.25) is 4.79 Å². The lowest BCUT2D eigenvalue weighted by molar-refractivity contribution is -0.133. The highest BCUT2D eigenvalue weighted by Gasteiger charge is 2.23. The predicted molar refractivity (Wildman–Crippen MR) is 89.7 cm³/mol. The van der Waals surface area contributed by atoms with Gasteiger partial charge in [-0.05, 0) is 24.1 Å². The van der Waals surface area contributed by atoms with E-state index in [2.05, 4.69) is 5.32 Å². The molecule has 0 bridgehead atoms. The van der Waals surface area contributed by atoms with Crippen LogP contribution in [0.15, 0.2) is 48.5 Å². The fourth-order valence-electron chi connectivity index (χ4n) is 2.95. The highest BCUT2D eigenvalue weighted by atomic mass is 19.1. The molecule has 2 aromatic rings. The molecule has 1 heterocycles. The molecule has 1 fully saturated rings. The third kappa shape index (κ3) is 3.42. The van der Waals surface area contributed by atoms with Crippen LogP contribution in [0.1, 0.15) is 18.4 Å². The van der Waals surface area contributed by atoms with E-state index in [1.807, 2.05) is 48.2 Å². The summed E-state index contributed by atoms with van der Waals surface area (Å²) in [6.45, 7) is 4.92. The third-order valence-electron chi connectivity index (χ3n) is 4.38. The summed E-state index contributed by atoms with van der Waals surface area (Å²) in [7, 11) is 0. The van der Waals surface area contributed by atoms with Crippen LogP contribution < -0.4 is 5.32 Å². The summed E-state index contributed by atoms with van der Waals surface area (Å²) in [5.41, 5.74) is 2.14. The van der Waals surface area contributed by atoms with Gasteiger partial charge in [0.1, 0.15) is 5.82 Å². The minimum absolute atomic E-state index is 0.0679. The molecule has 3 rings (SSSR count). The van der Waals surface area contributed by atoms with Crippen LogP contribution in [0.2, 0.25) is 0 Å². The molecule has 1 atom stereocenters. The number of nitrogens with zero attached hydrogens (tertiary/aromatic N) is 1. The average molecular weight is 312 g/mol. The van der Waals surface area contributed by atoms with Gasteiger partial charge in [-0.25, -0.2) is 4.39 Å². The molecule has 3 nitrogen and oxygen atoms in total. The molecule has 23 heavy (non-hydrogen) atoms. The van der Waals surface area contributed by atoms with Gasteiger partial charge >= 0.3 is 0 Å². The van der Waals surface area contributed by atoms with Gasteiger partial charge in [0.15, 0.2) is 0 Å². The molecular formula is C19H21FN2O. The lowest BCUT2D eigenvalue weighted by atomic mass is 9.95. The van der Waals surface area contributed by atoms with Gasteiger partial charge in [-0.15, -0.1) is 0 Å². The summed E-state index contributed by atoms with van der Waals surface area (Å²) in [6, 6.07) is 14.6. The van der Waals surface area contributed by atoms with E-state index in [4.69, 9.17) is 0 Å². The Labute approximate surface area is 136 Å². The van der Waals surface area contributed by atoms with Gasteiger partial charge in [0.2, 0.25) is 5.91 Å². The lowest BCUT2D eigenvalue weighted by Gasteiger charge is -2.30. The van der Waals surface area contributed by atoms with Crippen molar-refractivity contribution in [2.75, 3.05) is 26.2 Å². The first-order valence-electron chi connectivity index (χ1n) is 8.01. The number of halogens is 1. The predicted octanol–water partition coefficient (Wildman–Crippen LogP) is 3.03. The number of rotatable bonds is 3. The van der Waals surface area contributed by atoms with E-state index >= 15 is 0 Å². The maximum absolute atomic E-state index is 14.5. The summed E-state index contributed by atoms with van der Waals surface area (Å²) in [5, 5.41) is 3.23. The number of carbonyl (C=O) groups excluding carboxylic acids is 1. The van der Waals surface area contributed by atoms with Crippen molar-refractivity contribution in [2.45, 2.75) is 12.8 Å². The molecule has 120 valence electrons. The van der Waals surface area contributed by atoms with Crippen LogP contribution in [0.5, 0.6) is 0 Å². The van der Waals surface area contributed by atoms with Gasteiger partial charge in [-0.2, -0.15) is 0 Å². The zero-order chi connectivity index (χ0) is 16.2. The van der Waals surface area contributed by atoms with E-state index < -0.39 is 0 Å². The third-order valence-corrected chi connectivity index (χ3v) is 4.38. The van der Waals surface area contributed by atoms with E-state index in [1.165, 1.54) is 6.07 Å². The number of amides is 1. The van der Waals surface area contributed by atoms with Gasteiger partial charge in [-0.1, -0.05) is 42.5 Å². The normalized spacial score (nSPS) is 16.2. The van der Waals surface area contributed by atoms with Gasteiger partial charge in [0.25, 0.3) is 0 Å². The van der Waals surface area contributed by atoms with Crippen molar-refractivity contribution in [3.05, 3.63) is 59.9 Å². The second-order valence-electron chi connectivity index (χ2n) is 5.90. The molecule has 1 aliphatic rings. The number of hydrogen-bond acceptors (Lipinski definition) is 2. The van der Waals surface area contributed by atoms with Crippen LogP contribution in [0.4, 0.5) is 4.39 Å².